The molecule has 0 unspecified atom stereocenters. The van der Waals surface area contributed by atoms with Gasteiger partial charge >= 0.3 is 0 Å². The van der Waals surface area contributed by atoms with Gasteiger partial charge in [-0.25, -0.2) is 0 Å². The van der Waals surface area contributed by atoms with Gasteiger partial charge in [0, 0.05) is 6.04 Å². The summed E-state index contributed by atoms with van der Waals surface area (Å²) in [7, 11) is 0. The van der Waals surface area contributed by atoms with E-state index in [9.17, 15) is 9.59 Å². The molecule has 4 rings (SSSR count). The van der Waals surface area contributed by atoms with Crippen LogP contribution in [0, 0.1) is 0 Å². The highest BCUT2D eigenvalue weighted by Gasteiger charge is 2.40. The molecule has 0 aromatic heterocycles. The predicted molar refractivity (Wildman–Crippen MR) is 89.4 cm³/mol. The van der Waals surface area contributed by atoms with Gasteiger partial charge < -0.3 is 9.80 Å². The number of anilines is 2. The number of amides is 2. The third-order valence-corrected chi connectivity index (χ3v) is 4.41. The van der Waals surface area contributed by atoms with Crippen LogP contribution in [-0.4, -0.2) is 24.4 Å². The van der Waals surface area contributed by atoms with Crippen LogP contribution in [0.5, 0.6) is 0 Å². The molecule has 1 saturated carbocycles. The minimum Gasteiger partial charge on any atom is -0.306 e. The molecule has 0 bridgehead atoms. The van der Waals surface area contributed by atoms with Crippen molar-refractivity contribution in [1.82, 2.24) is 0 Å². The second-order valence-electron chi connectivity index (χ2n) is 6.13. The van der Waals surface area contributed by atoms with Gasteiger partial charge in [0.2, 0.25) is 11.8 Å². The molecule has 4 heteroatoms. The van der Waals surface area contributed by atoms with Crippen LogP contribution in [0.3, 0.4) is 0 Å². The Morgan fingerprint density at radius 1 is 0.957 bits per heavy atom. The lowest BCUT2D eigenvalue weighted by Gasteiger charge is -2.36. The van der Waals surface area contributed by atoms with Crippen molar-refractivity contribution in [2.24, 2.45) is 0 Å². The van der Waals surface area contributed by atoms with E-state index in [0.717, 1.165) is 29.8 Å². The Labute approximate surface area is 135 Å². The van der Waals surface area contributed by atoms with Gasteiger partial charge in [0.05, 0.1) is 17.8 Å². The molecule has 4 nitrogen and oxygen atoms in total. The summed E-state index contributed by atoms with van der Waals surface area (Å²) in [6.45, 7) is 0.138. The van der Waals surface area contributed by atoms with Gasteiger partial charge in [0.1, 0.15) is 6.54 Å². The molecule has 0 atom stereocenters. The van der Waals surface area contributed by atoms with Crippen LogP contribution in [0.25, 0.3) is 0 Å². The van der Waals surface area contributed by atoms with Crippen molar-refractivity contribution >= 4 is 23.2 Å². The molecule has 1 heterocycles. The Morgan fingerprint density at radius 3 is 2.30 bits per heavy atom. The Hall–Kier alpha value is -2.62. The lowest BCUT2D eigenvalue weighted by Crippen LogP contribution is -2.49. The van der Waals surface area contributed by atoms with Crippen LogP contribution < -0.4 is 9.80 Å². The maximum Gasteiger partial charge on any atom is 0.247 e. The number of hydrogen-bond acceptors (Lipinski definition) is 2. The van der Waals surface area contributed by atoms with Crippen molar-refractivity contribution in [2.75, 3.05) is 16.3 Å². The zero-order valence-corrected chi connectivity index (χ0v) is 12.8. The summed E-state index contributed by atoms with van der Waals surface area (Å²) in [6.07, 6.45) is 2.42. The molecule has 1 aliphatic carbocycles. The van der Waals surface area contributed by atoms with E-state index >= 15 is 0 Å². The Kier molecular flexibility index (Phi) is 3.37. The zero-order valence-electron chi connectivity index (χ0n) is 12.8. The number of hydrogen-bond donors (Lipinski definition) is 0. The first-order valence-corrected chi connectivity index (χ1v) is 7.99. The second-order valence-corrected chi connectivity index (χ2v) is 6.13. The summed E-state index contributed by atoms with van der Waals surface area (Å²) < 4.78 is 0. The van der Waals surface area contributed by atoms with E-state index in [2.05, 4.69) is 0 Å². The van der Waals surface area contributed by atoms with Crippen LogP contribution >= 0.6 is 0 Å². The van der Waals surface area contributed by atoms with Gasteiger partial charge in [-0.15, -0.1) is 0 Å². The van der Waals surface area contributed by atoms with E-state index in [1.165, 1.54) is 0 Å². The molecular weight excluding hydrogens is 288 g/mol. The fourth-order valence-corrected chi connectivity index (χ4v) is 3.15. The lowest BCUT2D eigenvalue weighted by atomic mass is 10.1. The fourth-order valence-electron chi connectivity index (χ4n) is 3.15. The molecule has 2 amide bonds. The molecule has 0 radical (unpaired) electrons. The van der Waals surface area contributed by atoms with Crippen molar-refractivity contribution in [3.63, 3.8) is 0 Å². The van der Waals surface area contributed by atoms with E-state index in [4.69, 9.17) is 0 Å². The monoisotopic (exact) mass is 306 g/mol. The Bertz CT molecular complexity index is 753. The number of para-hydroxylation sites is 2. The van der Waals surface area contributed by atoms with E-state index < -0.39 is 0 Å². The highest BCUT2D eigenvalue weighted by molar-refractivity contribution is 6.11. The maximum absolute atomic E-state index is 12.7. The summed E-state index contributed by atoms with van der Waals surface area (Å²) in [5.41, 5.74) is 2.68. The van der Waals surface area contributed by atoms with Gasteiger partial charge in [-0.2, -0.15) is 0 Å². The van der Waals surface area contributed by atoms with E-state index in [0.29, 0.717) is 12.5 Å². The molecule has 0 N–H and O–H groups in total. The molecule has 116 valence electrons. The van der Waals surface area contributed by atoms with E-state index in [1.54, 1.807) is 4.90 Å². The number of fused-ring (bicyclic) bond motifs is 1. The second kappa shape index (κ2) is 5.54. The first-order valence-electron chi connectivity index (χ1n) is 7.99. The average molecular weight is 306 g/mol. The maximum atomic E-state index is 12.7. The van der Waals surface area contributed by atoms with Crippen molar-refractivity contribution in [1.29, 1.82) is 0 Å². The summed E-state index contributed by atoms with van der Waals surface area (Å²) in [4.78, 5) is 28.8. The van der Waals surface area contributed by atoms with Gasteiger partial charge in [-0.05, 0) is 30.5 Å². The van der Waals surface area contributed by atoms with Crippen LogP contribution in [0.1, 0.15) is 18.4 Å². The number of rotatable bonds is 3. The quantitative estimate of drug-likeness (QED) is 0.875. The molecular formula is C19H18N2O2. The third kappa shape index (κ3) is 2.61. The number of benzene rings is 2. The fraction of sp³-hybridized carbons (Fsp3) is 0.263. The topological polar surface area (TPSA) is 40.6 Å². The van der Waals surface area contributed by atoms with E-state index in [-0.39, 0.29) is 18.4 Å². The third-order valence-electron chi connectivity index (χ3n) is 4.41. The first-order chi connectivity index (χ1) is 11.2. The van der Waals surface area contributed by atoms with Crippen LogP contribution in [0.2, 0.25) is 0 Å². The summed E-state index contributed by atoms with van der Waals surface area (Å²) in [5.74, 6) is -0.0138. The number of carbonyl (C=O) groups is 2. The standard InChI is InChI=1S/C19H18N2O2/c22-18(12-14-6-2-1-3-7-14)20-13-19(23)21(15-10-11-15)17-9-5-4-8-16(17)20/h1-9,15H,10-13H2. The summed E-state index contributed by atoms with van der Waals surface area (Å²) in [6, 6.07) is 17.7. The lowest BCUT2D eigenvalue weighted by molar-refractivity contribution is -0.122. The Balaban J connectivity index is 1.65. The van der Waals surface area contributed by atoms with Crippen molar-refractivity contribution in [3.8, 4) is 0 Å². The highest BCUT2D eigenvalue weighted by Crippen LogP contribution is 2.40. The minimum atomic E-state index is -0.0348. The van der Waals surface area contributed by atoms with Crippen LogP contribution in [-0.2, 0) is 16.0 Å². The van der Waals surface area contributed by atoms with Crippen molar-refractivity contribution < 1.29 is 9.59 Å². The molecule has 2 aromatic rings. The van der Waals surface area contributed by atoms with E-state index in [1.807, 2.05) is 59.5 Å². The predicted octanol–water partition coefficient (Wildman–Crippen LogP) is 2.77. The Morgan fingerprint density at radius 2 is 1.61 bits per heavy atom. The number of carbonyl (C=O) groups excluding carboxylic acids is 2. The molecule has 2 aliphatic rings. The minimum absolute atomic E-state index is 0.0209. The van der Waals surface area contributed by atoms with Gasteiger partial charge in [0.25, 0.3) is 0 Å². The van der Waals surface area contributed by atoms with Crippen LogP contribution in [0.4, 0.5) is 11.4 Å². The van der Waals surface area contributed by atoms with Crippen molar-refractivity contribution in [2.45, 2.75) is 25.3 Å². The SMILES string of the molecule is O=C(Cc1ccccc1)N1CC(=O)N(C2CC2)c2ccccc21. The molecule has 1 aliphatic heterocycles. The first kappa shape index (κ1) is 14.0. The molecule has 0 saturated heterocycles. The molecule has 0 spiro atoms. The summed E-state index contributed by atoms with van der Waals surface area (Å²) >= 11 is 0. The summed E-state index contributed by atoms with van der Waals surface area (Å²) in [5, 5.41) is 0. The molecule has 23 heavy (non-hydrogen) atoms. The number of nitrogens with zero attached hydrogens (tertiary/aromatic N) is 2. The van der Waals surface area contributed by atoms with Gasteiger partial charge in [-0.1, -0.05) is 42.5 Å². The van der Waals surface area contributed by atoms with Gasteiger partial charge in [-0.3, -0.25) is 9.59 Å². The van der Waals surface area contributed by atoms with Gasteiger partial charge in [0.15, 0.2) is 0 Å². The smallest absolute Gasteiger partial charge is 0.247 e. The largest absolute Gasteiger partial charge is 0.306 e. The zero-order chi connectivity index (χ0) is 15.8. The molecule has 2 aromatic carbocycles. The van der Waals surface area contributed by atoms with Crippen LogP contribution in [0.15, 0.2) is 54.6 Å². The average Bonchev–Trinajstić information content (AvgIpc) is 3.39. The van der Waals surface area contributed by atoms with Crippen molar-refractivity contribution in [3.05, 3.63) is 60.2 Å². The highest BCUT2D eigenvalue weighted by atomic mass is 16.2. The normalized spacial score (nSPS) is 17.1. The molecule has 1 fully saturated rings.